The molecule has 8 atom stereocenters. The molecule has 2 aromatic rings. The van der Waals surface area contributed by atoms with Crippen molar-refractivity contribution in [2.45, 2.75) is 96.9 Å². The highest BCUT2D eigenvalue weighted by Gasteiger charge is 2.69. The standard InChI is InChI=1S/C42H61N5O8/c1-6-45(7-2)31-12-11-30-25-32(39(50)51-36(30)26-31)38(49)47-23-21-46(22-24-47)37(48)27-44-19-17-43(18-20-44)16-8-9-35-29(4)34-13-10-28(3)33-14-15-41(5)53-40(52-35)42(33,34)55-54-41/h11-12,25-26,28-29,33-35,40H,6-10,13-24,27H2,1-5H3. The highest BCUT2D eigenvalue weighted by atomic mass is 17.3. The van der Waals surface area contributed by atoms with Crippen LogP contribution < -0.4 is 10.5 Å². The lowest BCUT2D eigenvalue weighted by Crippen LogP contribution is -2.70. The first-order chi connectivity index (χ1) is 26.5. The minimum absolute atomic E-state index is 0.0338. The third-order valence-corrected chi connectivity index (χ3v) is 14.1. The second kappa shape index (κ2) is 15.7. The topological polar surface area (TPSA) is 117 Å². The molecular weight excluding hydrogens is 702 g/mol. The fourth-order valence-corrected chi connectivity index (χ4v) is 10.7. The summed E-state index contributed by atoms with van der Waals surface area (Å²) in [7, 11) is 0. The minimum Gasteiger partial charge on any atom is -0.422 e. The van der Waals surface area contributed by atoms with Crippen LogP contribution in [-0.4, -0.2) is 134 Å². The van der Waals surface area contributed by atoms with Gasteiger partial charge >= 0.3 is 5.63 Å². The van der Waals surface area contributed by atoms with Crippen molar-refractivity contribution in [3.8, 4) is 0 Å². The Morgan fingerprint density at radius 3 is 2.35 bits per heavy atom. The van der Waals surface area contributed by atoms with E-state index in [2.05, 4.69) is 42.4 Å². The first-order valence-electron chi connectivity index (χ1n) is 21.1. The van der Waals surface area contributed by atoms with E-state index in [0.29, 0.717) is 67.4 Å². The van der Waals surface area contributed by atoms with Crippen LogP contribution in [0.25, 0.3) is 11.0 Å². The van der Waals surface area contributed by atoms with Crippen LogP contribution in [-0.2, 0) is 24.0 Å². The van der Waals surface area contributed by atoms with Crippen molar-refractivity contribution >= 4 is 28.5 Å². The van der Waals surface area contributed by atoms with Gasteiger partial charge in [0.25, 0.3) is 5.91 Å². The van der Waals surface area contributed by atoms with E-state index in [1.165, 1.54) is 6.42 Å². The molecule has 55 heavy (non-hydrogen) atoms. The monoisotopic (exact) mass is 763 g/mol. The molecule has 0 radical (unpaired) electrons. The van der Waals surface area contributed by atoms with Gasteiger partial charge in [0.1, 0.15) is 11.1 Å². The summed E-state index contributed by atoms with van der Waals surface area (Å²) in [6.07, 6.45) is 6.01. The van der Waals surface area contributed by atoms with Crippen molar-refractivity contribution in [3.63, 3.8) is 0 Å². The van der Waals surface area contributed by atoms with Crippen LogP contribution in [0.2, 0.25) is 0 Å². The molecule has 7 fully saturated rings. The Balaban J connectivity index is 0.773. The number of amides is 2. The number of hydrogen-bond acceptors (Lipinski definition) is 11. The van der Waals surface area contributed by atoms with Crippen molar-refractivity contribution in [2.24, 2.45) is 23.7 Å². The van der Waals surface area contributed by atoms with Gasteiger partial charge in [-0.05, 0) is 95.4 Å². The summed E-state index contributed by atoms with van der Waals surface area (Å²) >= 11 is 0. The SMILES string of the molecule is CCN(CC)c1ccc2cc(C(=O)N3CCN(C(=O)CN4CCN(CCCC5OC6OC7(C)CCC8C(C)CCC(C5C)C68OO7)CC4)CC3)c(=O)oc2c1. The predicted molar refractivity (Wildman–Crippen MR) is 207 cm³/mol. The first-order valence-corrected chi connectivity index (χ1v) is 21.1. The second-order valence-corrected chi connectivity index (χ2v) is 17.2. The van der Waals surface area contributed by atoms with Crippen molar-refractivity contribution in [3.05, 3.63) is 40.2 Å². The van der Waals surface area contributed by atoms with Gasteiger partial charge in [-0.1, -0.05) is 13.8 Å². The molecule has 9 rings (SSSR count). The Kier molecular flexibility index (Phi) is 11.1. The Morgan fingerprint density at radius 2 is 1.60 bits per heavy atom. The Bertz CT molecular complexity index is 1770. The number of piperazine rings is 2. The maximum atomic E-state index is 13.4. The molecule has 13 nitrogen and oxygen atoms in total. The number of nitrogens with zero attached hydrogens (tertiary/aromatic N) is 5. The fraction of sp³-hybridized carbons (Fsp3) is 0.738. The molecule has 1 spiro atoms. The second-order valence-electron chi connectivity index (χ2n) is 17.2. The van der Waals surface area contributed by atoms with Crippen LogP contribution in [0, 0.1) is 23.7 Å². The lowest BCUT2D eigenvalue weighted by atomic mass is 9.57. The quantitative estimate of drug-likeness (QED) is 0.250. The fourth-order valence-electron chi connectivity index (χ4n) is 10.7. The smallest absolute Gasteiger partial charge is 0.349 e. The third kappa shape index (κ3) is 7.34. The zero-order valence-electron chi connectivity index (χ0n) is 33.5. The van der Waals surface area contributed by atoms with Crippen LogP contribution in [0.1, 0.15) is 83.5 Å². The van der Waals surface area contributed by atoms with Gasteiger partial charge in [0, 0.05) is 94.9 Å². The van der Waals surface area contributed by atoms with Crippen molar-refractivity contribution in [1.82, 2.24) is 19.6 Å². The van der Waals surface area contributed by atoms with Crippen molar-refractivity contribution in [2.75, 3.05) is 83.4 Å². The molecule has 13 heteroatoms. The molecule has 1 aliphatic carbocycles. The van der Waals surface area contributed by atoms with Gasteiger partial charge < -0.3 is 33.5 Å². The van der Waals surface area contributed by atoms with E-state index < -0.39 is 17.0 Å². The number of fused-ring (bicyclic) bond motifs is 3. The van der Waals surface area contributed by atoms with Crippen LogP contribution in [0.5, 0.6) is 0 Å². The molecule has 7 heterocycles. The average Bonchev–Trinajstić information content (AvgIpc) is 3.42. The molecule has 1 aromatic heterocycles. The van der Waals surface area contributed by atoms with E-state index in [1.807, 2.05) is 30.0 Å². The van der Waals surface area contributed by atoms with Gasteiger partial charge in [0.15, 0.2) is 11.9 Å². The molecule has 302 valence electrons. The van der Waals surface area contributed by atoms with E-state index in [0.717, 1.165) is 83.6 Å². The molecule has 2 amide bonds. The summed E-state index contributed by atoms with van der Waals surface area (Å²) in [5.41, 5.74) is 0.347. The van der Waals surface area contributed by atoms with Gasteiger partial charge in [0.2, 0.25) is 11.7 Å². The Morgan fingerprint density at radius 1 is 0.873 bits per heavy atom. The van der Waals surface area contributed by atoms with Gasteiger partial charge in [0.05, 0.1) is 12.6 Å². The summed E-state index contributed by atoms with van der Waals surface area (Å²) < 4.78 is 19.0. The van der Waals surface area contributed by atoms with E-state index in [9.17, 15) is 14.4 Å². The van der Waals surface area contributed by atoms with Gasteiger partial charge in [-0.3, -0.25) is 14.5 Å². The highest BCUT2D eigenvalue weighted by molar-refractivity contribution is 5.97. The molecule has 6 aliphatic heterocycles. The lowest BCUT2D eigenvalue weighted by molar-refractivity contribution is -0.571. The molecule has 0 N–H and O–H groups in total. The maximum absolute atomic E-state index is 13.4. The van der Waals surface area contributed by atoms with E-state index in [-0.39, 0.29) is 29.8 Å². The maximum Gasteiger partial charge on any atom is 0.349 e. The van der Waals surface area contributed by atoms with Crippen LogP contribution in [0.4, 0.5) is 5.69 Å². The summed E-state index contributed by atoms with van der Waals surface area (Å²) in [5, 5.41) is 0.715. The van der Waals surface area contributed by atoms with E-state index in [4.69, 9.17) is 23.7 Å². The largest absolute Gasteiger partial charge is 0.422 e. The summed E-state index contributed by atoms with van der Waals surface area (Å²) in [5.74, 6) is 0.684. The predicted octanol–water partition coefficient (Wildman–Crippen LogP) is 4.57. The summed E-state index contributed by atoms with van der Waals surface area (Å²) in [6, 6.07) is 7.38. The molecule has 8 unspecified atom stereocenters. The Labute approximate surface area is 325 Å². The van der Waals surface area contributed by atoms with E-state index in [1.54, 1.807) is 11.0 Å². The van der Waals surface area contributed by atoms with Gasteiger partial charge in [-0.15, -0.1) is 0 Å². The molecule has 6 saturated heterocycles. The van der Waals surface area contributed by atoms with Crippen molar-refractivity contribution < 1.29 is 33.3 Å². The zero-order valence-corrected chi connectivity index (χ0v) is 33.5. The molecule has 2 bridgehead atoms. The summed E-state index contributed by atoms with van der Waals surface area (Å²) in [4.78, 5) is 62.4. The number of benzene rings is 1. The van der Waals surface area contributed by atoms with Crippen LogP contribution >= 0.6 is 0 Å². The number of ether oxygens (including phenoxy) is 2. The minimum atomic E-state index is -0.744. The lowest BCUT2D eigenvalue weighted by Gasteiger charge is -2.60. The molecule has 1 aromatic carbocycles. The van der Waals surface area contributed by atoms with Crippen molar-refractivity contribution in [1.29, 1.82) is 0 Å². The third-order valence-electron chi connectivity index (χ3n) is 14.1. The normalized spacial score (nSPS) is 34.1. The number of anilines is 1. The van der Waals surface area contributed by atoms with Gasteiger partial charge in [-0.25, -0.2) is 14.6 Å². The van der Waals surface area contributed by atoms with Gasteiger partial charge in [-0.2, -0.15) is 0 Å². The number of hydrogen-bond donors (Lipinski definition) is 0. The number of rotatable bonds is 10. The number of carbonyl (C=O) groups is 2. The Hall–Kier alpha value is -3.07. The number of carbonyl (C=O) groups excluding carboxylic acids is 2. The van der Waals surface area contributed by atoms with Crippen LogP contribution in [0.15, 0.2) is 33.5 Å². The van der Waals surface area contributed by atoms with Crippen LogP contribution in [0.3, 0.4) is 0 Å². The molecule has 7 aliphatic rings. The van der Waals surface area contributed by atoms with E-state index >= 15 is 0 Å². The zero-order chi connectivity index (χ0) is 38.5. The molecule has 1 saturated carbocycles. The average molecular weight is 764 g/mol. The highest BCUT2D eigenvalue weighted by Crippen LogP contribution is 2.60. The first kappa shape index (κ1) is 38.8. The molecular formula is C42H61N5O8. The summed E-state index contributed by atoms with van der Waals surface area (Å²) in [6.45, 7) is 19.2.